The van der Waals surface area contributed by atoms with Crippen LogP contribution in [0, 0.1) is 5.82 Å². The van der Waals surface area contributed by atoms with E-state index in [1.165, 1.54) is 18.2 Å². The van der Waals surface area contributed by atoms with Crippen molar-refractivity contribution >= 4 is 29.5 Å². The molecular formula is C21H20FN3O5. The fraction of sp³-hybridized carbons (Fsp3) is 0.238. The number of para-hydroxylation sites is 1. The summed E-state index contributed by atoms with van der Waals surface area (Å²) in [5.74, 6) is -2.13. The largest absolute Gasteiger partial charge is 0.452 e. The van der Waals surface area contributed by atoms with Gasteiger partial charge in [-0.25, -0.2) is 14.0 Å². The normalized spacial score (nSPS) is 13.1. The topological polar surface area (TPSA) is 105 Å². The molecule has 2 N–H and O–H groups in total. The Morgan fingerprint density at radius 1 is 1.07 bits per heavy atom. The van der Waals surface area contributed by atoms with E-state index >= 15 is 0 Å². The monoisotopic (exact) mass is 413 g/mol. The highest BCUT2D eigenvalue weighted by molar-refractivity contribution is 6.02. The lowest BCUT2D eigenvalue weighted by Gasteiger charge is -2.15. The number of benzene rings is 2. The molecule has 4 amide bonds. The quantitative estimate of drug-likeness (QED) is 0.708. The van der Waals surface area contributed by atoms with Crippen molar-refractivity contribution in [3.63, 3.8) is 0 Å². The molecule has 2 aromatic carbocycles. The molecular weight excluding hydrogens is 393 g/mol. The number of anilines is 1. The van der Waals surface area contributed by atoms with Gasteiger partial charge in [-0.1, -0.05) is 24.3 Å². The summed E-state index contributed by atoms with van der Waals surface area (Å²) in [5, 5.41) is 4.13. The van der Waals surface area contributed by atoms with Gasteiger partial charge in [-0.2, -0.15) is 0 Å². The zero-order valence-corrected chi connectivity index (χ0v) is 16.0. The molecule has 0 radical (unpaired) electrons. The number of imide groups is 1. The van der Waals surface area contributed by atoms with Crippen LogP contribution in [0.25, 0.3) is 0 Å². The zero-order valence-electron chi connectivity index (χ0n) is 16.0. The Bertz CT molecular complexity index is 961. The molecule has 1 fully saturated rings. The Kier molecular flexibility index (Phi) is 6.74. The average Bonchev–Trinajstić information content (AvgIpc) is 3.13. The van der Waals surface area contributed by atoms with E-state index in [1.807, 2.05) is 5.32 Å². The third kappa shape index (κ3) is 5.63. The van der Waals surface area contributed by atoms with Gasteiger partial charge in [0.1, 0.15) is 5.82 Å². The zero-order chi connectivity index (χ0) is 21.5. The predicted molar refractivity (Wildman–Crippen MR) is 105 cm³/mol. The molecule has 156 valence electrons. The van der Waals surface area contributed by atoms with Crippen molar-refractivity contribution in [2.45, 2.75) is 19.4 Å². The van der Waals surface area contributed by atoms with Crippen LogP contribution in [-0.4, -0.2) is 41.9 Å². The Hall–Kier alpha value is -3.75. The second-order valence-corrected chi connectivity index (χ2v) is 6.67. The highest BCUT2D eigenvalue weighted by Crippen LogP contribution is 2.15. The van der Waals surface area contributed by atoms with E-state index in [0.29, 0.717) is 13.0 Å². The van der Waals surface area contributed by atoms with E-state index in [2.05, 4.69) is 5.32 Å². The standard InChI is InChI=1S/C21H20FN3O5/c22-16-4-1-2-5-17(16)23-21(29)24-18(26)13-30-20(28)15-9-7-14(8-10-15)12-25-11-3-6-19(25)27/h1-2,4-5,7-10H,3,6,11-13H2,(H2,23,24,26,29). The smallest absolute Gasteiger partial charge is 0.338 e. The van der Waals surface area contributed by atoms with Crippen LogP contribution in [0.4, 0.5) is 14.9 Å². The van der Waals surface area contributed by atoms with E-state index in [0.717, 1.165) is 24.6 Å². The number of carbonyl (C=O) groups is 4. The Morgan fingerprint density at radius 2 is 1.80 bits per heavy atom. The number of ether oxygens (including phenoxy) is 1. The molecule has 0 bridgehead atoms. The van der Waals surface area contributed by atoms with Gasteiger partial charge in [0, 0.05) is 19.5 Å². The second-order valence-electron chi connectivity index (χ2n) is 6.67. The van der Waals surface area contributed by atoms with Gasteiger partial charge in [0.15, 0.2) is 6.61 Å². The first-order valence-corrected chi connectivity index (χ1v) is 9.31. The molecule has 0 spiro atoms. The maximum absolute atomic E-state index is 13.5. The molecule has 0 atom stereocenters. The Balaban J connectivity index is 1.44. The lowest BCUT2D eigenvalue weighted by Crippen LogP contribution is -2.37. The average molecular weight is 413 g/mol. The first kappa shape index (κ1) is 21.0. The van der Waals surface area contributed by atoms with Crippen molar-refractivity contribution in [1.29, 1.82) is 0 Å². The number of urea groups is 1. The number of nitrogens with one attached hydrogen (secondary N) is 2. The number of nitrogens with zero attached hydrogens (tertiary/aromatic N) is 1. The van der Waals surface area contributed by atoms with Crippen LogP contribution < -0.4 is 10.6 Å². The van der Waals surface area contributed by atoms with E-state index in [-0.39, 0.29) is 17.2 Å². The molecule has 1 saturated heterocycles. The van der Waals surface area contributed by atoms with Gasteiger partial charge in [-0.3, -0.25) is 14.9 Å². The number of rotatable bonds is 6. The number of esters is 1. The predicted octanol–water partition coefficient (Wildman–Crippen LogP) is 2.45. The van der Waals surface area contributed by atoms with Crippen LogP contribution in [0.3, 0.4) is 0 Å². The van der Waals surface area contributed by atoms with Crippen molar-refractivity contribution in [1.82, 2.24) is 10.2 Å². The maximum atomic E-state index is 13.5. The van der Waals surface area contributed by atoms with Crippen LogP contribution in [0.15, 0.2) is 48.5 Å². The first-order valence-electron chi connectivity index (χ1n) is 9.31. The molecule has 30 heavy (non-hydrogen) atoms. The van der Waals surface area contributed by atoms with Crippen molar-refractivity contribution in [2.75, 3.05) is 18.5 Å². The highest BCUT2D eigenvalue weighted by atomic mass is 19.1. The molecule has 0 aliphatic carbocycles. The fourth-order valence-electron chi connectivity index (χ4n) is 2.93. The van der Waals surface area contributed by atoms with E-state index in [1.54, 1.807) is 29.2 Å². The molecule has 0 saturated carbocycles. The molecule has 1 aliphatic rings. The van der Waals surface area contributed by atoms with Gasteiger partial charge >= 0.3 is 12.0 Å². The third-order valence-electron chi connectivity index (χ3n) is 4.44. The van der Waals surface area contributed by atoms with Gasteiger partial charge in [-0.15, -0.1) is 0 Å². The minimum Gasteiger partial charge on any atom is -0.452 e. The SMILES string of the molecule is O=C(COC(=O)c1ccc(CN2CCCC2=O)cc1)NC(=O)Nc1ccccc1F. The first-order chi connectivity index (χ1) is 14.4. The van der Waals surface area contributed by atoms with Crippen molar-refractivity contribution in [3.8, 4) is 0 Å². The van der Waals surface area contributed by atoms with Crippen molar-refractivity contribution in [3.05, 3.63) is 65.5 Å². The number of amides is 4. The molecule has 0 aromatic heterocycles. The van der Waals surface area contributed by atoms with E-state index in [4.69, 9.17) is 4.74 Å². The third-order valence-corrected chi connectivity index (χ3v) is 4.44. The van der Waals surface area contributed by atoms with Gasteiger partial charge < -0.3 is 15.0 Å². The molecule has 8 nitrogen and oxygen atoms in total. The number of hydrogen-bond donors (Lipinski definition) is 2. The van der Waals surface area contributed by atoms with Crippen LogP contribution in [-0.2, 0) is 20.9 Å². The minimum atomic E-state index is -0.943. The van der Waals surface area contributed by atoms with Gasteiger partial charge in [-0.05, 0) is 36.2 Å². The van der Waals surface area contributed by atoms with Crippen molar-refractivity contribution < 1.29 is 28.3 Å². The minimum absolute atomic E-state index is 0.0875. The lowest BCUT2D eigenvalue weighted by atomic mass is 10.1. The molecule has 9 heteroatoms. The molecule has 1 aliphatic heterocycles. The van der Waals surface area contributed by atoms with Crippen LogP contribution in [0.1, 0.15) is 28.8 Å². The summed E-state index contributed by atoms with van der Waals surface area (Å²) >= 11 is 0. The fourth-order valence-corrected chi connectivity index (χ4v) is 2.93. The Labute approximate surface area is 172 Å². The molecule has 0 unspecified atom stereocenters. The summed E-state index contributed by atoms with van der Waals surface area (Å²) in [5.41, 5.74) is 1.02. The van der Waals surface area contributed by atoms with Gasteiger partial charge in [0.25, 0.3) is 5.91 Å². The Morgan fingerprint density at radius 3 is 2.47 bits per heavy atom. The summed E-state index contributed by atoms with van der Waals surface area (Å²) in [4.78, 5) is 49.0. The summed E-state index contributed by atoms with van der Waals surface area (Å²) < 4.78 is 18.4. The van der Waals surface area contributed by atoms with Crippen LogP contribution >= 0.6 is 0 Å². The molecule has 2 aromatic rings. The summed E-state index contributed by atoms with van der Waals surface area (Å²) in [6.45, 7) is 0.531. The van der Waals surface area contributed by atoms with Gasteiger partial charge in [0.05, 0.1) is 11.3 Å². The number of likely N-dealkylation sites (tertiary alicyclic amines) is 1. The number of halogens is 1. The summed E-state index contributed by atoms with van der Waals surface area (Å²) in [6.07, 6.45) is 1.41. The second kappa shape index (κ2) is 9.64. The van der Waals surface area contributed by atoms with E-state index < -0.39 is 30.3 Å². The van der Waals surface area contributed by atoms with Gasteiger partial charge in [0.2, 0.25) is 5.91 Å². The van der Waals surface area contributed by atoms with Crippen molar-refractivity contribution in [2.24, 2.45) is 0 Å². The van der Waals surface area contributed by atoms with Crippen LogP contribution in [0.2, 0.25) is 0 Å². The summed E-state index contributed by atoms with van der Waals surface area (Å²) in [7, 11) is 0. The molecule has 1 heterocycles. The maximum Gasteiger partial charge on any atom is 0.338 e. The van der Waals surface area contributed by atoms with E-state index in [9.17, 15) is 23.6 Å². The summed E-state index contributed by atoms with van der Waals surface area (Å²) in [6, 6.07) is 11.0. The number of carbonyl (C=O) groups excluding carboxylic acids is 4. The number of hydrogen-bond acceptors (Lipinski definition) is 5. The lowest BCUT2D eigenvalue weighted by molar-refractivity contribution is -0.128. The van der Waals surface area contributed by atoms with Crippen LogP contribution in [0.5, 0.6) is 0 Å². The molecule has 3 rings (SSSR count). The highest BCUT2D eigenvalue weighted by Gasteiger charge is 2.20.